The molecule has 1 aromatic rings. The third kappa shape index (κ3) is 4.06. The Hall–Kier alpha value is -0.800. The minimum Gasteiger partial charge on any atom is -0.374 e. The summed E-state index contributed by atoms with van der Waals surface area (Å²) in [5, 5.41) is 3.80. The lowest BCUT2D eigenvalue weighted by atomic mass is 10.1. The summed E-state index contributed by atoms with van der Waals surface area (Å²) in [6, 6.07) is 3.62. The average molecular weight is 229 g/mol. The largest absolute Gasteiger partial charge is 0.374 e. The average Bonchev–Trinajstić information content (AvgIpc) is 2.16. The van der Waals surface area contributed by atoms with Crippen LogP contribution in [-0.4, -0.2) is 23.7 Å². The lowest BCUT2D eigenvalue weighted by molar-refractivity contribution is 0.000646. The third-order valence-corrected chi connectivity index (χ3v) is 2.28. The molecule has 1 N–H and O–H groups in total. The van der Waals surface area contributed by atoms with Crippen LogP contribution in [0.5, 0.6) is 0 Å². The van der Waals surface area contributed by atoms with Gasteiger partial charge < -0.3 is 10.1 Å². The third-order valence-electron chi connectivity index (χ3n) is 1.98. The first-order chi connectivity index (χ1) is 7.05. The summed E-state index contributed by atoms with van der Waals surface area (Å²) in [6.07, 6.45) is 1.71. The maximum Gasteiger partial charge on any atom is 0.144 e. The molecule has 0 aliphatic carbocycles. The Kier molecular flexibility index (Phi) is 4.36. The maximum absolute atomic E-state index is 5.96. The van der Waals surface area contributed by atoms with Gasteiger partial charge in [-0.3, -0.25) is 0 Å². The zero-order valence-electron chi connectivity index (χ0n) is 9.38. The van der Waals surface area contributed by atoms with Crippen molar-refractivity contribution < 1.29 is 4.74 Å². The molecule has 1 heterocycles. The molecule has 1 aromatic heterocycles. The van der Waals surface area contributed by atoms with Crippen LogP contribution in [0.4, 0.5) is 5.82 Å². The molecule has 4 heteroatoms. The zero-order chi connectivity index (χ0) is 11.3. The van der Waals surface area contributed by atoms with Gasteiger partial charge in [0.2, 0.25) is 0 Å². The number of pyridine rings is 1. The number of nitrogens with zero attached hydrogens (tertiary/aromatic N) is 1. The van der Waals surface area contributed by atoms with E-state index in [1.165, 1.54) is 0 Å². The van der Waals surface area contributed by atoms with E-state index in [0.717, 1.165) is 0 Å². The molecular weight excluding hydrogens is 212 g/mol. The Morgan fingerprint density at radius 2 is 2.27 bits per heavy atom. The molecule has 15 heavy (non-hydrogen) atoms. The molecule has 0 aromatic carbocycles. The Labute approximate surface area is 95.8 Å². The molecule has 0 aliphatic heterocycles. The molecule has 0 atom stereocenters. The second-order valence-corrected chi connectivity index (χ2v) is 4.29. The first-order valence-electron chi connectivity index (χ1n) is 5.03. The van der Waals surface area contributed by atoms with Crippen molar-refractivity contribution in [2.24, 2.45) is 0 Å². The monoisotopic (exact) mass is 228 g/mol. The van der Waals surface area contributed by atoms with Crippen molar-refractivity contribution in [3.05, 3.63) is 23.4 Å². The van der Waals surface area contributed by atoms with Crippen LogP contribution < -0.4 is 5.32 Å². The number of anilines is 1. The standard InChI is InChI=1S/C11H17ClN2O/c1-4-15-11(2,3)8-14-10-9(12)6-5-7-13-10/h5-7H,4,8H2,1-3H3,(H,13,14). The van der Waals surface area contributed by atoms with Gasteiger partial charge in [-0.05, 0) is 32.9 Å². The fraction of sp³-hybridized carbons (Fsp3) is 0.545. The van der Waals surface area contributed by atoms with Crippen molar-refractivity contribution in [1.82, 2.24) is 4.98 Å². The van der Waals surface area contributed by atoms with E-state index in [-0.39, 0.29) is 5.60 Å². The molecule has 0 spiro atoms. The molecular formula is C11H17ClN2O. The number of hydrogen-bond donors (Lipinski definition) is 1. The predicted molar refractivity (Wildman–Crippen MR) is 63.4 cm³/mol. The first-order valence-corrected chi connectivity index (χ1v) is 5.41. The summed E-state index contributed by atoms with van der Waals surface area (Å²) in [5.74, 6) is 0.701. The molecule has 84 valence electrons. The van der Waals surface area contributed by atoms with Gasteiger partial charge in [0.05, 0.1) is 10.6 Å². The molecule has 0 bridgehead atoms. The Morgan fingerprint density at radius 3 is 2.87 bits per heavy atom. The fourth-order valence-corrected chi connectivity index (χ4v) is 1.44. The number of rotatable bonds is 5. The number of hydrogen-bond acceptors (Lipinski definition) is 3. The van der Waals surface area contributed by atoms with Crippen molar-refractivity contribution in [3.8, 4) is 0 Å². The van der Waals surface area contributed by atoms with Crippen molar-refractivity contribution in [1.29, 1.82) is 0 Å². The van der Waals surface area contributed by atoms with Gasteiger partial charge in [-0.2, -0.15) is 0 Å². The molecule has 0 fully saturated rings. The van der Waals surface area contributed by atoms with Crippen molar-refractivity contribution in [2.45, 2.75) is 26.4 Å². The SMILES string of the molecule is CCOC(C)(C)CNc1ncccc1Cl. The van der Waals surface area contributed by atoms with E-state index in [0.29, 0.717) is 24.0 Å². The van der Waals surface area contributed by atoms with Crippen LogP contribution in [0.25, 0.3) is 0 Å². The Morgan fingerprint density at radius 1 is 1.53 bits per heavy atom. The molecule has 0 saturated heterocycles. The van der Waals surface area contributed by atoms with E-state index in [1.54, 1.807) is 12.3 Å². The Balaban J connectivity index is 2.53. The molecule has 0 unspecified atom stereocenters. The van der Waals surface area contributed by atoms with Crippen LogP contribution in [0.3, 0.4) is 0 Å². The lowest BCUT2D eigenvalue weighted by Gasteiger charge is -2.25. The van der Waals surface area contributed by atoms with Crippen LogP contribution in [0.15, 0.2) is 18.3 Å². The highest BCUT2D eigenvalue weighted by Crippen LogP contribution is 2.19. The summed E-state index contributed by atoms with van der Waals surface area (Å²) < 4.78 is 5.56. The van der Waals surface area contributed by atoms with Gasteiger partial charge in [0.25, 0.3) is 0 Å². The van der Waals surface area contributed by atoms with E-state index in [1.807, 2.05) is 26.8 Å². The van der Waals surface area contributed by atoms with Crippen molar-refractivity contribution in [3.63, 3.8) is 0 Å². The van der Waals surface area contributed by atoms with E-state index in [9.17, 15) is 0 Å². The molecule has 0 amide bonds. The second kappa shape index (κ2) is 5.33. The summed E-state index contributed by atoms with van der Waals surface area (Å²) >= 11 is 5.96. The molecule has 0 aliphatic rings. The number of halogens is 1. The Bertz CT molecular complexity index is 315. The van der Waals surface area contributed by atoms with Gasteiger partial charge in [-0.25, -0.2) is 4.98 Å². The summed E-state index contributed by atoms with van der Waals surface area (Å²) in [6.45, 7) is 7.42. The van der Waals surface area contributed by atoms with Crippen LogP contribution in [0.2, 0.25) is 5.02 Å². The highest BCUT2D eigenvalue weighted by Gasteiger charge is 2.17. The lowest BCUT2D eigenvalue weighted by Crippen LogP contribution is -2.33. The maximum atomic E-state index is 5.96. The fourth-order valence-electron chi connectivity index (χ4n) is 1.25. The van der Waals surface area contributed by atoms with E-state index in [4.69, 9.17) is 16.3 Å². The number of aromatic nitrogens is 1. The van der Waals surface area contributed by atoms with E-state index in [2.05, 4.69) is 10.3 Å². The highest BCUT2D eigenvalue weighted by atomic mass is 35.5. The van der Waals surface area contributed by atoms with Crippen molar-refractivity contribution >= 4 is 17.4 Å². The van der Waals surface area contributed by atoms with Crippen LogP contribution in [0.1, 0.15) is 20.8 Å². The van der Waals surface area contributed by atoms with Gasteiger partial charge in [-0.1, -0.05) is 11.6 Å². The van der Waals surface area contributed by atoms with E-state index < -0.39 is 0 Å². The molecule has 0 radical (unpaired) electrons. The van der Waals surface area contributed by atoms with Gasteiger partial charge >= 0.3 is 0 Å². The normalized spacial score (nSPS) is 11.5. The van der Waals surface area contributed by atoms with Gasteiger partial charge in [-0.15, -0.1) is 0 Å². The quantitative estimate of drug-likeness (QED) is 0.842. The van der Waals surface area contributed by atoms with Crippen LogP contribution in [0, 0.1) is 0 Å². The van der Waals surface area contributed by atoms with Crippen LogP contribution in [-0.2, 0) is 4.74 Å². The van der Waals surface area contributed by atoms with Crippen molar-refractivity contribution in [2.75, 3.05) is 18.5 Å². The van der Waals surface area contributed by atoms with Gasteiger partial charge in [0.15, 0.2) is 0 Å². The number of nitrogens with one attached hydrogen (secondary N) is 1. The van der Waals surface area contributed by atoms with Gasteiger partial charge in [0, 0.05) is 19.3 Å². The van der Waals surface area contributed by atoms with E-state index >= 15 is 0 Å². The molecule has 3 nitrogen and oxygen atoms in total. The summed E-state index contributed by atoms with van der Waals surface area (Å²) in [4.78, 5) is 4.14. The van der Waals surface area contributed by atoms with Gasteiger partial charge in [0.1, 0.15) is 5.82 Å². The first kappa shape index (κ1) is 12.3. The minimum absolute atomic E-state index is 0.213. The highest BCUT2D eigenvalue weighted by molar-refractivity contribution is 6.32. The summed E-state index contributed by atoms with van der Waals surface area (Å²) in [5.41, 5.74) is -0.213. The summed E-state index contributed by atoms with van der Waals surface area (Å²) in [7, 11) is 0. The number of ether oxygens (including phenoxy) is 1. The predicted octanol–water partition coefficient (Wildman–Crippen LogP) is 2.96. The molecule has 1 rings (SSSR count). The van der Waals surface area contributed by atoms with Crippen LogP contribution >= 0.6 is 11.6 Å². The zero-order valence-corrected chi connectivity index (χ0v) is 10.1. The smallest absolute Gasteiger partial charge is 0.144 e. The second-order valence-electron chi connectivity index (χ2n) is 3.88. The minimum atomic E-state index is -0.213. The molecule has 0 saturated carbocycles. The topological polar surface area (TPSA) is 34.1 Å².